The fourth-order valence-corrected chi connectivity index (χ4v) is 2.13. The Balaban J connectivity index is 3.18. The number of rotatable bonds is 0. The van der Waals surface area contributed by atoms with Crippen LogP contribution in [0.5, 0.6) is 0 Å². The molecule has 5 nitrogen and oxygen atoms in total. The predicted molar refractivity (Wildman–Crippen MR) is 54.1 cm³/mol. The van der Waals surface area contributed by atoms with Gasteiger partial charge in [-0.15, -0.1) is 0 Å². The van der Waals surface area contributed by atoms with Crippen LogP contribution < -0.4 is 16.0 Å². The molecular formula is C8H6N2O3S. The molecule has 0 aliphatic rings. The highest BCUT2D eigenvalue weighted by atomic mass is 32.1. The summed E-state index contributed by atoms with van der Waals surface area (Å²) in [5.41, 5.74) is -0.199. The van der Waals surface area contributed by atoms with E-state index in [2.05, 4.69) is 9.97 Å². The molecule has 14 heavy (non-hydrogen) atoms. The van der Waals surface area contributed by atoms with Crippen LogP contribution in [-0.2, 0) is 0 Å². The van der Waals surface area contributed by atoms with E-state index >= 15 is 0 Å². The summed E-state index contributed by atoms with van der Waals surface area (Å²) in [5, 5.41) is 0.370. The quantitative estimate of drug-likeness (QED) is 0.639. The van der Waals surface area contributed by atoms with Gasteiger partial charge in [0.25, 0.3) is 5.56 Å². The summed E-state index contributed by atoms with van der Waals surface area (Å²) < 4.78 is 0. The average molecular weight is 210 g/mol. The summed E-state index contributed by atoms with van der Waals surface area (Å²) in [6.45, 7) is 1.66. The van der Waals surface area contributed by atoms with Crippen molar-refractivity contribution in [3.05, 3.63) is 42.0 Å². The Hall–Kier alpha value is -1.69. The van der Waals surface area contributed by atoms with Crippen molar-refractivity contribution in [3.63, 3.8) is 0 Å². The molecule has 0 fully saturated rings. The molecule has 0 bridgehead atoms. The van der Waals surface area contributed by atoms with Crippen LogP contribution in [0.3, 0.4) is 0 Å². The van der Waals surface area contributed by atoms with Crippen molar-refractivity contribution < 1.29 is 0 Å². The lowest BCUT2D eigenvalue weighted by atomic mass is 10.2. The molecule has 0 saturated carbocycles. The molecule has 6 heteroatoms. The molecule has 0 aliphatic heterocycles. The Morgan fingerprint density at radius 3 is 2.64 bits per heavy atom. The number of fused-ring (bicyclic) bond motifs is 1. The van der Waals surface area contributed by atoms with Crippen LogP contribution in [0, 0.1) is 6.92 Å². The molecule has 0 aliphatic carbocycles. The van der Waals surface area contributed by atoms with Crippen LogP contribution >= 0.6 is 11.3 Å². The van der Waals surface area contributed by atoms with Gasteiger partial charge in [0.1, 0.15) is 4.83 Å². The molecular weight excluding hydrogens is 204 g/mol. The summed E-state index contributed by atoms with van der Waals surface area (Å²) in [6.07, 6.45) is 0. The number of aromatic nitrogens is 2. The van der Waals surface area contributed by atoms with Gasteiger partial charge in [-0.1, -0.05) is 11.3 Å². The Labute approximate surface area is 81.1 Å². The number of hydrogen-bond donors (Lipinski definition) is 2. The van der Waals surface area contributed by atoms with Crippen LogP contribution in [-0.4, -0.2) is 9.97 Å². The maximum absolute atomic E-state index is 11.4. The average Bonchev–Trinajstić information content (AvgIpc) is 1.99. The Morgan fingerprint density at radius 1 is 1.21 bits per heavy atom. The lowest BCUT2D eigenvalue weighted by Crippen LogP contribution is -2.19. The predicted octanol–water partition coefficient (Wildman–Crippen LogP) is -0.0535. The minimum Gasteiger partial charge on any atom is -0.313 e. The number of hydrogen-bond acceptors (Lipinski definition) is 4. The van der Waals surface area contributed by atoms with E-state index in [9.17, 15) is 14.4 Å². The molecule has 2 aromatic rings. The van der Waals surface area contributed by atoms with Crippen molar-refractivity contribution in [3.8, 4) is 0 Å². The van der Waals surface area contributed by atoms with Crippen LogP contribution in [0.25, 0.3) is 10.2 Å². The van der Waals surface area contributed by atoms with E-state index in [1.807, 2.05) is 0 Å². The molecule has 2 N–H and O–H groups in total. The third-order valence-corrected chi connectivity index (χ3v) is 2.64. The monoisotopic (exact) mass is 210 g/mol. The molecule has 0 amide bonds. The van der Waals surface area contributed by atoms with Crippen molar-refractivity contribution >= 4 is 21.6 Å². The summed E-state index contributed by atoms with van der Waals surface area (Å²) in [7, 11) is 0. The van der Waals surface area contributed by atoms with E-state index in [1.54, 1.807) is 6.92 Å². The van der Waals surface area contributed by atoms with E-state index in [0.717, 1.165) is 11.3 Å². The zero-order chi connectivity index (χ0) is 10.3. The summed E-state index contributed by atoms with van der Waals surface area (Å²) in [4.78, 5) is 37.9. The van der Waals surface area contributed by atoms with Crippen molar-refractivity contribution in [1.29, 1.82) is 0 Å². The minimum atomic E-state index is -0.469. The molecule has 2 heterocycles. The maximum atomic E-state index is 11.4. The number of pyridine rings is 1. The largest absolute Gasteiger partial charge is 0.313 e. The molecule has 0 aromatic carbocycles. The topological polar surface area (TPSA) is 82.8 Å². The summed E-state index contributed by atoms with van der Waals surface area (Å²) in [5.74, 6) is 0. The van der Waals surface area contributed by atoms with Gasteiger partial charge in [-0.3, -0.25) is 19.4 Å². The first-order valence-corrected chi connectivity index (χ1v) is 4.66. The van der Waals surface area contributed by atoms with Gasteiger partial charge in [-0.25, -0.2) is 0 Å². The number of H-pyrrole nitrogens is 2. The molecule has 72 valence electrons. The third-order valence-electron chi connectivity index (χ3n) is 1.84. The van der Waals surface area contributed by atoms with Gasteiger partial charge in [0, 0.05) is 6.07 Å². The fraction of sp³-hybridized carbons (Fsp3) is 0.125. The first kappa shape index (κ1) is 8.89. The summed E-state index contributed by atoms with van der Waals surface area (Å²) >= 11 is 0.818. The van der Waals surface area contributed by atoms with Crippen molar-refractivity contribution in [2.45, 2.75) is 6.92 Å². The highest BCUT2D eigenvalue weighted by Crippen LogP contribution is 2.09. The van der Waals surface area contributed by atoms with Gasteiger partial charge in [0.15, 0.2) is 0 Å². The molecule has 0 unspecified atom stereocenters. The SMILES string of the molecule is Cc1cc(=O)[nH]c2sc(=O)[nH]c(=O)c12. The standard InChI is InChI=1S/C8H6N2O3S/c1-3-2-4(11)9-7-5(3)6(12)10-8(13)14-7/h2H,1H3,(H,9,11)(H,10,12,13). The van der Waals surface area contributed by atoms with Crippen LogP contribution in [0.15, 0.2) is 20.4 Å². The fourth-order valence-electron chi connectivity index (χ4n) is 1.29. The van der Waals surface area contributed by atoms with Crippen LogP contribution in [0.2, 0.25) is 0 Å². The molecule has 0 spiro atoms. The van der Waals surface area contributed by atoms with Gasteiger partial charge in [0.05, 0.1) is 5.39 Å². The van der Waals surface area contributed by atoms with Gasteiger partial charge < -0.3 is 4.98 Å². The van der Waals surface area contributed by atoms with Crippen molar-refractivity contribution in [1.82, 2.24) is 9.97 Å². The van der Waals surface area contributed by atoms with Crippen LogP contribution in [0.4, 0.5) is 0 Å². The highest BCUT2D eigenvalue weighted by molar-refractivity contribution is 7.15. The van der Waals surface area contributed by atoms with E-state index in [-0.39, 0.29) is 5.56 Å². The van der Waals surface area contributed by atoms with Crippen molar-refractivity contribution in [2.75, 3.05) is 0 Å². The Kier molecular flexibility index (Phi) is 1.85. The van der Waals surface area contributed by atoms with Crippen LogP contribution in [0.1, 0.15) is 5.56 Å². The van der Waals surface area contributed by atoms with Crippen molar-refractivity contribution in [2.24, 2.45) is 0 Å². The van der Waals surface area contributed by atoms with E-state index < -0.39 is 10.4 Å². The maximum Gasteiger partial charge on any atom is 0.309 e. The zero-order valence-electron chi connectivity index (χ0n) is 7.21. The third kappa shape index (κ3) is 1.29. The summed E-state index contributed by atoms with van der Waals surface area (Å²) in [6, 6.07) is 1.33. The molecule has 2 aromatic heterocycles. The number of nitrogens with one attached hydrogen (secondary N) is 2. The van der Waals surface area contributed by atoms with Gasteiger partial charge in [-0.2, -0.15) is 0 Å². The van der Waals surface area contributed by atoms with Gasteiger partial charge >= 0.3 is 4.87 Å². The van der Waals surface area contributed by atoms with E-state index in [0.29, 0.717) is 15.8 Å². The van der Waals surface area contributed by atoms with Gasteiger partial charge in [0.2, 0.25) is 5.56 Å². The smallest absolute Gasteiger partial charge is 0.309 e. The molecule has 0 radical (unpaired) electrons. The second-order valence-corrected chi connectivity index (χ2v) is 3.85. The molecule has 0 atom stereocenters. The number of aromatic amines is 2. The van der Waals surface area contributed by atoms with E-state index in [1.165, 1.54) is 6.07 Å². The molecule has 0 saturated heterocycles. The normalized spacial score (nSPS) is 10.6. The molecule has 2 rings (SSSR count). The number of aryl methyl sites for hydroxylation is 1. The highest BCUT2D eigenvalue weighted by Gasteiger charge is 2.05. The van der Waals surface area contributed by atoms with E-state index in [4.69, 9.17) is 0 Å². The van der Waals surface area contributed by atoms with Gasteiger partial charge in [-0.05, 0) is 12.5 Å². The second-order valence-electron chi connectivity index (χ2n) is 2.86. The first-order chi connectivity index (χ1) is 6.58. The Bertz CT molecular complexity index is 659. The second kappa shape index (κ2) is 2.91. The minimum absolute atomic E-state index is 0.309. The lowest BCUT2D eigenvalue weighted by Gasteiger charge is -1.96. The Morgan fingerprint density at radius 2 is 1.93 bits per heavy atom. The zero-order valence-corrected chi connectivity index (χ0v) is 8.03. The first-order valence-electron chi connectivity index (χ1n) is 3.85. The lowest BCUT2D eigenvalue weighted by molar-refractivity contribution is 1.22.